The van der Waals surface area contributed by atoms with Gasteiger partial charge in [-0.2, -0.15) is 5.10 Å². The lowest BCUT2D eigenvalue weighted by atomic mass is 9.86. The molecule has 1 aliphatic rings. The maximum atomic E-state index is 13.3. The summed E-state index contributed by atoms with van der Waals surface area (Å²) in [4.78, 5) is 28.4. The monoisotopic (exact) mass is 572 g/mol. The van der Waals surface area contributed by atoms with Crippen LogP contribution in [-0.4, -0.2) is 44.2 Å². The zero-order valence-electron chi connectivity index (χ0n) is 21.0. The maximum absolute atomic E-state index is 13.3. The molecule has 1 fully saturated rings. The summed E-state index contributed by atoms with van der Waals surface area (Å²) < 4.78 is 43.3. The predicted molar refractivity (Wildman–Crippen MR) is 141 cm³/mol. The average Bonchev–Trinajstić information content (AvgIpc) is 3.33. The van der Waals surface area contributed by atoms with Crippen molar-refractivity contribution in [2.75, 3.05) is 0 Å². The summed E-state index contributed by atoms with van der Waals surface area (Å²) in [6.45, 7) is 0.304. The summed E-state index contributed by atoms with van der Waals surface area (Å²) in [6.07, 6.45) is -1.04. The number of carbonyl (C=O) groups is 2. The molecule has 0 unspecified atom stereocenters. The fraction of sp³-hybridized carbons (Fsp3) is 0.286. The number of alkyl halides is 3. The number of carboxylic acids is 1. The van der Waals surface area contributed by atoms with E-state index in [2.05, 4.69) is 20.1 Å². The second-order valence-corrected chi connectivity index (χ2v) is 10.0. The highest BCUT2D eigenvalue weighted by atomic mass is 35.5. The molecule has 4 aromatic rings. The van der Waals surface area contributed by atoms with E-state index in [1.54, 1.807) is 53.3 Å². The highest BCUT2D eigenvalue weighted by Gasteiger charge is 2.32. The molecule has 2 aromatic heterocycles. The number of rotatable bonds is 7. The number of halogens is 4. The van der Waals surface area contributed by atoms with E-state index < -0.39 is 18.2 Å². The molecule has 1 amide bonds. The van der Waals surface area contributed by atoms with Crippen LogP contribution in [0.1, 0.15) is 41.6 Å². The third-order valence-electron chi connectivity index (χ3n) is 6.93. The number of pyridine rings is 1. The molecule has 1 saturated carbocycles. The Bertz CT molecular complexity index is 1550. The van der Waals surface area contributed by atoms with Crippen LogP contribution >= 0.6 is 11.6 Å². The van der Waals surface area contributed by atoms with Crippen LogP contribution in [0, 0.1) is 5.92 Å². The fourth-order valence-electron chi connectivity index (χ4n) is 4.93. The smallest absolute Gasteiger partial charge is 0.481 e. The van der Waals surface area contributed by atoms with Crippen molar-refractivity contribution >= 4 is 34.4 Å². The SMILES string of the molecule is O=C(NC1CCC(C(=O)O)CC1)c1ccc(Cl)c2cnn(Cc3ccc(-c4cccc(OC(F)(F)F)n4)cc3)c12. The Kier molecular flexibility index (Phi) is 7.66. The van der Waals surface area contributed by atoms with Gasteiger partial charge in [-0.05, 0) is 49.4 Å². The maximum Gasteiger partial charge on any atom is 0.574 e. The third kappa shape index (κ3) is 6.20. The summed E-state index contributed by atoms with van der Waals surface area (Å²) >= 11 is 6.40. The molecular weight excluding hydrogens is 549 g/mol. The number of aromatic nitrogens is 3. The molecule has 0 atom stereocenters. The van der Waals surface area contributed by atoms with E-state index in [1.807, 2.05) is 0 Å². The number of amides is 1. The molecular formula is C28H24ClF3N4O4. The minimum absolute atomic E-state index is 0.119. The Balaban J connectivity index is 1.34. The van der Waals surface area contributed by atoms with Crippen molar-refractivity contribution in [3.63, 3.8) is 0 Å². The fourth-order valence-corrected chi connectivity index (χ4v) is 5.13. The van der Waals surface area contributed by atoms with Crippen molar-refractivity contribution in [3.8, 4) is 17.1 Å². The van der Waals surface area contributed by atoms with Crippen LogP contribution in [0.2, 0.25) is 5.02 Å². The van der Waals surface area contributed by atoms with E-state index in [1.165, 1.54) is 6.07 Å². The van der Waals surface area contributed by atoms with Gasteiger partial charge in [0.15, 0.2) is 0 Å². The molecule has 5 rings (SSSR count). The van der Waals surface area contributed by atoms with E-state index >= 15 is 0 Å². The lowest BCUT2D eigenvalue weighted by Gasteiger charge is -2.27. The number of hydrogen-bond acceptors (Lipinski definition) is 5. The molecule has 2 aromatic carbocycles. The molecule has 0 aliphatic heterocycles. The van der Waals surface area contributed by atoms with Gasteiger partial charge < -0.3 is 15.2 Å². The van der Waals surface area contributed by atoms with E-state index in [-0.39, 0.29) is 17.9 Å². The van der Waals surface area contributed by atoms with Gasteiger partial charge in [0.25, 0.3) is 5.91 Å². The van der Waals surface area contributed by atoms with Crippen LogP contribution in [0.25, 0.3) is 22.2 Å². The summed E-state index contributed by atoms with van der Waals surface area (Å²) in [5, 5.41) is 17.8. The van der Waals surface area contributed by atoms with Gasteiger partial charge in [0.1, 0.15) is 0 Å². The topological polar surface area (TPSA) is 106 Å². The molecule has 8 nitrogen and oxygen atoms in total. The Morgan fingerprint density at radius 1 is 1.05 bits per heavy atom. The van der Waals surface area contributed by atoms with Crippen LogP contribution in [-0.2, 0) is 11.3 Å². The zero-order chi connectivity index (χ0) is 28.4. The van der Waals surface area contributed by atoms with E-state index in [0.29, 0.717) is 65.0 Å². The highest BCUT2D eigenvalue weighted by molar-refractivity contribution is 6.36. The number of aliphatic carboxylic acids is 1. The van der Waals surface area contributed by atoms with Crippen LogP contribution < -0.4 is 10.1 Å². The normalized spacial score (nSPS) is 17.5. The molecule has 40 heavy (non-hydrogen) atoms. The second-order valence-electron chi connectivity index (χ2n) is 9.63. The Morgan fingerprint density at radius 2 is 1.77 bits per heavy atom. The van der Waals surface area contributed by atoms with Crippen LogP contribution in [0.4, 0.5) is 13.2 Å². The first kappa shape index (κ1) is 27.4. The van der Waals surface area contributed by atoms with Gasteiger partial charge in [0.2, 0.25) is 5.88 Å². The van der Waals surface area contributed by atoms with Crippen molar-refractivity contribution in [1.29, 1.82) is 0 Å². The van der Waals surface area contributed by atoms with Gasteiger partial charge in [-0.3, -0.25) is 14.3 Å². The quantitative estimate of drug-likeness (QED) is 0.278. The Hall–Kier alpha value is -4.12. The highest BCUT2D eigenvalue weighted by Crippen LogP contribution is 2.30. The predicted octanol–water partition coefficient (Wildman–Crippen LogP) is 6.07. The van der Waals surface area contributed by atoms with Crippen LogP contribution in [0.15, 0.2) is 60.8 Å². The van der Waals surface area contributed by atoms with Gasteiger partial charge in [0, 0.05) is 23.1 Å². The lowest BCUT2D eigenvalue weighted by molar-refractivity contribution is -0.276. The van der Waals surface area contributed by atoms with Gasteiger partial charge in [-0.15, -0.1) is 13.2 Å². The molecule has 208 valence electrons. The minimum Gasteiger partial charge on any atom is -0.481 e. The molecule has 0 radical (unpaired) electrons. The number of nitrogens with zero attached hydrogens (tertiary/aromatic N) is 3. The van der Waals surface area contributed by atoms with Crippen molar-refractivity contribution in [2.45, 2.75) is 44.6 Å². The zero-order valence-corrected chi connectivity index (χ0v) is 21.7. The first-order chi connectivity index (χ1) is 19.1. The third-order valence-corrected chi connectivity index (χ3v) is 7.26. The van der Waals surface area contributed by atoms with Crippen molar-refractivity contribution in [1.82, 2.24) is 20.1 Å². The molecule has 2 N–H and O–H groups in total. The Labute approximate surface area is 231 Å². The van der Waals surface area contributed by atoms with Crippen LogP contribution in [0.5, 0.6) is 5.88 Å². The average molecular weight is 573 g/mol. The molecule has 0 spiro atoms. The Morgan fingerprint density at radius 3 is 2.45 bits per heavy atom. The molecule has 0 bridgehead atoms. The number of benzene rings is 2. The molecule has 1 aliphatic carbocycles. The number of hydrogen-bond donors (Lipinski definition) is 2. The molecule has 0 saturated heterocycles. The van der Waals surface area contributed by atoms with Crippen molar-refractivity contribution in [2.24, 2.45) is 5.92 Å². The van der Waals surface area contributed by atoms with E-state index in [0.717, 1.165) is 11.6 Å². The van der Waals surface area contributed by atoms with Gasteiger partial charge in [-0.25, -0.2) is 4.98 Å². The molecule has 2 heterocycles. The van der Waals surface area contributed by atoms with E-state index in [4.69, 9.17) is 11.6 Å². The summed E-state index contributed by atoms with van der Waals surface area (Å²) in [7, 11) is 0. The summed E-state index contributed by atoms with van der Waals surface area (Å²) in [5.41, 5.74) is 2.71. The lowest BCUT2D eigenvalue weighted by Crippen LogP contribution is -2.38. The second kappa shape index (κ2) is 11.2. The van der Waals surface area contributed by atoms with Crippen LogP contribution in [0.3, 0.4) is 0 Å². The molecule has 12 heteroatoms. The van der Waals surface area contributed by atoms with Crippen molar-refractivity contribution in [3.05, 3.63) is 76.9 Å². The van der Waals surface area contributed by atoms with Crippen molar-refractivity contribution < 1.29 is 32.6 Å². The largest absolute Gasteiger partial charge is 0.574 e. The minimum atomic E-state index is -4.83. The van der Waals surface area contributed by atoms with Gasteiger partial charge in [-0.1, -0.05) is 41.9 Å². The standard InChI is InChI=1S/C28H24ClF3N4O4/c29-22-13-12-20(26(37)34-19-10-8-18(9-11-19)27(38)39)25-21(22)14-33-36(25)15-16-4-6-17(7-5-16)23-2-1-3-24(35-23)40-28(30,31)32/h1-7,12-14,18-19H,8-11,15H2,(H,34,37)(H,38,39). The summed E-state index contributed by atoms with van der Waals surface area (Å²) in [6, 6.07) is 14.4. The first-order valence-electron chi connectivity index (χ1n) is 12.6. The number of nitrogens with one attached hydrogen (secondary N) is 1. The number of carboxylic acid groups (broad SMARTS) is 1. The van der Waals surface area contributed by atoms with Gasteiger partial charge in [0.05, 0.1) is 40.5 Å². The van der Waals surface area contributed by atoms with Gasteiger partial charge >= 0.3 is 12.3 Å². The summed E-state index contributed by atoms with van der Waals surface area (Å²) in [5.74, 6) is -2.02. The number of carbonyl (C=O) groups excluding carboxylic acids is 1. The number of fused-ring (bicyclic) bond motifs is 1. The number of ether oxygens (including phenoxy) is 1. The first-order valence-corrected chi connectivity index (χ1v) is 12.9. The van der Waals surface area contributed by atoms with E-state index in [9.17, 15) is 27.9 Å².